The fourth-order valence-corrected chi connectivity index (χ4v) is 0.853. The number of aliphatic hydroxyl groups is 2. The molecule has 4 N–H and O–H groups in total. The van der Waals surface area contributed by atoms with E-state index in [0.717, 1.165) is 0 Å². The second-order valence-electron chi connectivity index (χ2n) is 2.79. The number of hydrogen-bond acceptors (Lipinski definition) is 5. The molecule has 0 aliphatic carbocycles. The van der Waals surface area contributed by atoms with Crippen LogP contribution in [0.15, 0.2) is 0 Å². The lowest BCUT2D eigenvalue weighted by Crippen LogP contribution is -2.31. The highest BCUT2D eigenvalue weighted by Crippen LogP contribution is 1.88. The molecule has 1 unspecified atom stereocenters. The van der Waals surface area contributed by atoms with E-state index in [-0.39, 0.29) is 19.6 Å². The maximum absolute atomic E-state index is 10.1. The van der Waals surface area contributed by atoms with Crippen molar-refractivity contribution in [2.75, 3.05) is 32.9 Å². The summed E-state index contributed by atoms with van der Waals surface area (Å²) < 4.78 is 4.94. The first-order chi connectivity index (χ1) is 6.66. The van der Waals surface area contributed by atoms with Gasteiger partial charge < -0.3 is 25.4 Å². The van der Waals surface area contributed by atoms with Crippen molar-refractivity contribution < 1.29 is 24.9 Å². The van der Waals surface area contributed by atoms with Gasteiger partial charge in [0.15, 0.2) is 0 Å². The Bertz CT molecular complexity index is 153. The zero-order valence-electron chi connectivity index (χ0n) is 7.98. The van der Waals surface area contributed by atoms with Crippen LogP contribution in [0.3, 0.4) is 0 Å². The molecule has 0 saturated heterocycles. The van der Waals surface area contributed by atoms with Gasteiger partial charge >= 0.3 is 5.97 Å². The average Bonchev–Trinajstić information content (AvgIpc) is 2.10. The van der Waals surface area contributed by atoms with Gasteiger partial charge in [-0.15, -0.1) is 0 Å². The predicted octanol–water partition coefficient (Wildman–Crippen LogP) is -1.58. The first-order valence-electron chi connectivity index (χ1n) is 4.46. The van der Waals surface area contributed by atoms with Crippen molar-refractivity contribution in [1.29, 1.82) is 0 Å². The van der Waals surface area contributed by atoms with Crippen LogP contribution in [0.5, 0.6) is 0 Å². The summed E-state index contributed by atoms with van der Waals surface area (Å²) >= 11 is 0. The minimum absolute atomic E-state index is 0.0123. The Kier molecular flexibility index (Phi) is 8.45. The molecule has 84 valence electrons. The lowest BCUT2D eigenvalue weighted by molar-refractivity contribution is -0.139. The number of ether oxygens (including phenoxy) is 1. The van der Waals surface area contributed by atoms with Gasteiger partial charge in [0.05, 0.1) is 32.3 Å². The first kappa shape index (κ1) is 13.3. The molecule has 0 aliphatic rings. The van der Waals surface area contributed by atoms with E-state index in [4.69, 9.17) is 20.1 Å². The molecule has 1 atom stereocenters. The molecule has 0 heterocycles. The topological polar surface area (TPSA) is 99.0 Å². The number of rotatable bonds is 9. The third-order valence-corrected chi connectivity index (χ3v) is 1.45. The van der Waals surface area contributed by atoms with Crippen LogP contribution in [0.25, 0.3) is 0 Å². The Morgan fingerprint density at radius 2 is 2.14 bits per heavy atom. The van der Waals surface area contributed by atoms with Gasteiger partial charge in [-0.3, -0.25) is 4.79 Å². The summed E-state index contributed by atoms with van der Waals surface area (Å²) in [6, 6.07) is 0. The normalized spacial score (nSPS) is 12.7. The van der Waals surface area contributed by atoms with Crippen LogP contribution in [-0.2, 0) is 9.53 Å². The molecule has 0 aromatic carbocycles. The molecule has 0 aliphatic heterocycles. The standard InChI is InChI=1S/C8H17NO5/c10-2-4-14-3-1-9-6-7(11)5-8(12)13/h7,9-11H,1-6H2,(H,12,13). The summed E-state index contributed by atoms with van der Waals surface area (Å²) in [6.45, 7) is 1.47. The lowest BCUT2D eigenvalue weighted by Gasteiger charge is -2.09. The third kappa shape index (κ3) is 9.40. The van der Waals surface area contributed by atoms with Crippen molar-refractivity contribution >= 4 is 5.97 Å². The molecule has 0 spiro atoms. The number of nitrogens with one attached hydrogen (secondary N) is 1. The van der Waals surface area contributed by atoms with Crippen LogP contribution < -0.4 is 5.32 Å². The summed E-state index contributed by atoms with van der Waals surface area (Å²) in [6.07, 6.45) is -1.13. The number of carboxylic acid groups (broad SMARTS) is 1. The Morgan fingerprint density at radius 1 is 1.43 bits per heavy atom. The Balaban J connectivity index is 3.14. The van der Waals surface area contributed by atoms with Gasteiger partial charge in [-0.2, -0.15) is 0 Å². The van der Waals surface area contributed by atoms with Crippen molar-refractivity contribution in [3.8, 4) is 0 Å². The summed E-state index contributed by atoms with van der Waals surface area (Å²) in [5.41, 5.74) is 0. The van der Waals surface area contributed by atoms with E-state index in [9.17, 15) is 4.79 Å². The Morgan fingerprint density at radius 3 is 2.71 bits per heavy atom. The van der Waals surface area contributed by atoms with Crippen LogP contribution in [0.2, 0.25) is 0 Å². The van der Waals surface area contributed by atoms with Crippen LogP contribution >= 0.6 is 0 Å². The third-order valence-electron chi connectivity index (χ3n) is 1.45. The monoisotopic (exact) mass is 207 g/mol. The lowest BCUT2D eigenvalue weighted by atomic mass is 10.2. The zero-order valence-corrected chi connectivity index (χ0v) is 7.98. The van der Waals surface area contributed by atoms with Gasteiger partial charge in [-0.05, 0) is 0 Å². The van der Waals surface area contributed by atoms with Crippen molar-refractivity contribution in [2.45, 2.75) is 12.5 Å². The van der Waals surface area contributed by atoms with E-state index in [1.807, 2.05) is 0 Å². The molecule has 0 radical (unpaired) electrons. The molecule has 6 heteroatoms. The minimum atomic E-state index is -1.02. The number of carbonyl (C=O) groups is 1. The molecule has 14 heavy (non-hydrogen) atoms. The number of carboxylic acids is 1. The van der Waals surface area contributed by atoms with Gasteiger partial charge in [0.2, 0.25) is 0 Å². The predicted molar refractivity (Wildman–Crippen MR) is 49.0 cm³/mol. The highest BCUT2D eigenvalue weighted by atomic mass is 16.5. The van der Waals surface area contributed by atoms with Gasteiger partial charge in [0.25, 0.3) is 0 Å². The summed E-state index contributed by atoms with van der Waals surface area (Å²) in [7, 11) is 0. The number of aliphatic hydroxyl groups excluding tert-OH is 2. The van der Waals surface area contributed by atoms with Gasteiger partial charge in [0.1, 0.15) is 0 Å². The summed E-state index contributed by atoms with van der Waals surface area (Å²) in [5.74, 6) is -1.02. The Labute approximate surface area is 82.5 Å². The molecule has 0 aromatic rings. The van der Waals surface area contributed by atoms with E-state index in [0.29, 0.717) is 19.8 Å². The maximum Gasteiger partial charge on any atom is 0.306 e. The average molecular weight is 207 g/mol. The van der Waals surface area contributed by atoms with E-state index in [2.05, 4.69) is 5.32 Å². The van der Waals surface area contributed by atoms with E-state index in [1.165, 1.54) is 0 Å². The molecule has 0 aromatic heterocycles. The molecule has 0 rings (SSSR count). The van der Waals surface area contributed by atoms with Crippen LogP contribution in [-0.4, -0.2) is 60.3 Å². The fraction of sp³-hybridized carbons (Fsp3) is 0.875. The Hall–Kier alpha value is -0.690. The first-order valence-corrected chi connectivity index (χ1v) is 4.46. The minimum Gasteiger partial charge on any atom is -0.481 e. The van der Waals surface area contributed by atoms with Crippen LogP contribution in [0.1, 0.15) is 6.42 Å². The van der Waals surface area contributed by atoms with Crippen molar-refractivity contribution in [1.82, 2.24) is 5.32 Å². The number of aliphatic carboxylic acids is 1. The van der Waals surface area contributed by atoms with Gasteiger partial charge in [-0.25, -0.2) is 0 Å². The smallest absolute Gasteiger partial charge is 0.306 e. The van der Waals surface area contributed by atoms with Crippen molar-refractivity contribution in [2.24, 2.45) is 0 Å². The maximum atomic E-state index is 10.1. The quantitative estimate of drug-likeness (QED) is 0.341. The van der Waals surface area contributed by atoms with Crippen molar-refractivity contribution in [3.63, 3.8) is 0 Å². The van der Waals surface area contributed by atoms with Crippen molar-refractivity contribution in [3.05, 3.63) is 0 Å². The van der Waals surface area contributed by atoms with Crippen LogP contribution in [0, 0.1) is 0 Å². The molecular weight excluding hydrogens is 190 g/mol. The van der Waals surface area contributed by atoms with Gasteiger partial charge in [0, 0.05) is 13.1 Å². The molecular formula is C8H17NO5. The highest BCUT2D eigenvalue weighted by molar-refractivity contribution is 5.67. The fourth-order valence-electron chi connectivity index (χ4n) is 0.853. The second-order valence-corrected chi connectivity index (χ2v) is 2.79. The second kappa shape index (κ2) is 8.89. The van der Waals surface area contributed by atoms with E-state index < -0.39 is 12.1 Å². The molecule has 0 saturated carbocycles. The number of hydrogen-bond donors (Lipinski definition) is 4. The highest BCUT2D eigenvalue weighted by Gasteiger charge is 2.07. The summed E-state index contributed by atoms with van der Waals surface area (Å²) in [5, 5.41) is 28.6. The molecule has 6 nitrogen and oxygen atoms in total. The molecule has 0 fully saturated rings. The molecule has 0 bridgehead atoms. The zero-order chi connectivity index (χ0) is 10.8. The largest absolute Gasteiger partial charge is 0.481 e. The summed E-state index contributed by atoms with van der Waals surface area (Å²) in [4.78, 5) is 10.1. The van der Waals surface area contributed by atoms with E-state index >= 15 is 0 Å². The van der Waals surface area contributed by atoms with Crippen LogP contribution in [0.4, 0.5) is 0 Å². The van der Waals surface area contributed by atoms with Gasteiger partial charge in [-0.1, -0.05) is 0 Å². The van der Waals surface area contributed by atoms with E-state index in [1.54, 1.807) is 0 Å². The molecule has 0 amide bonds. The SMILES string of the molecule is O=C(O)CC(O)CNCCOCCO.